The molecular weight excluding hydrogens is 562 g/mol. The highest BCUT2D eigenvalue weighted by Crippen LogP contribution is 2.25. The number of aliphatic hydroxyl groups excluding tert-OH is 6. The van der Waals surface area contributed by atoms with Crippen LogP contribution in [0.4, 0.5) is 0 Å². The molecule has 0 bridgehead atoms. The van der Waals surface area contributed by atoms with Crippen molar-refractivity contribution in [3.8, 4) is 0 Å². The zero-order valence-electron chi connectivity index (χ0n) is 28.2. The maximum atomic E-state index is 13.2. The van der Waals surface area contributed by atoms with E-state index in [0.717, 1.165) is 44.9 Å². The first kappa shape index (κ1) is 41.2. The molecule has 0 aliphatic carbocycles. The Morgan fingerprint density at radius 2 is 1.07 bits per heavy atom. The maximum Gasteiger partial charge on any atom is 0.251 e. The summed E-state index contributed by atoms with van der Waals surface area (Å²) >= 11 is 0. The van der Waals surface area contributed by atoms with Gasteiger partial charge in [0, 0.05) is 19.5 Å². The monoisotopic (exact) mass is 632 g/mol. The zero-order chi connectivity index (χ0) is 32.6. The van der Waals surface area contributed by atoms with Crippen molar-refractivity contribution in [2.24, 2.45) is 0 Å². The molecule has 1 amide bonds. The van der Waals surface area contributed by atoms with Crippen LogP contribution in [0.3, 0.4) is 0 Å². The third kappa shape index (κ3) is 17.8. The lowest BCUT2D eigenvalue weighted by Gasteiger charge is -2.41. The predicted octanol–water partition coefficient (Wildman–Crippen LogP) is 5.00. The highest BCUT2D eigenvalue weighted by atomic mass is 16.5. The minimum absolute atomic E-state index is 0.0279. The number of hydrogen-bond acceptors (Lipinski definition) is 8. The number of amides is 1. The van der Waals surface area contributed by atoms with E-state index < -0.39 is 49.3 Å². The fourth-order valence-corrected chi connectivity index (χ4v) is 6.21. The third-order valence-corrected chi connectivity index (χ3v) is 9.14. The van der Waals surface area contributed by atoms with Crippen molar-refractivity contribution in [3.05, 3.63) is 0 Å². The van der Waals surface area contributed by atoms with E-state index in [4.69, 9.17) is 4.74 Å². The highest BCUT2D eigenvalue weighted by molar-refractivity contribution is 5.80. The smallest absolute Gasteiger partial charge is 0.251 e. The third-order valence-electron chi connectivity index (χ3n) is 9.14. The SMILES string of the molecule is CCCCCCCCCCCCCCCCN(CC(O)CC1O[C@H](CO)[C@@H](O)[C@H](O)[C@H]1O)C(=O)C(O)CCCCCCCC. The molecule has 1 aliphatic heterocycles. The van der Waals surface area contributed by atoms with Crippen molar-refractivity contribution >= 4 is 5.91 Å². The molecule has 1 saturated heterocycles. The van der Waals surface area contributed by atoms with Crippen LogP contribution in [0.2, 0.25) is 0 Å². The first-order valence-corrected chi connectivity index (χ1v) is 18.2. The van der Waals surface area contributed by atoms with Gasteiger partial charge in [0.25, 0.3) is 5.91 Å². The first-order chi connectivity index (χ1) is 21.3. The van der Waals surface area contributed by atoms with Crippen molar-refractivity contribution in [2.45, 2.75) is 198 Å². The number of rotatable bonds is 28. The van der Waals surface area contributed by atoms with E-state index in [1.807, 2.05) is 0 Å². The van der Waals surface area contributed by atoms with Gasteiger partial charge < -0.3 is 40.3 Å². The lowest BCUT2D eigenvalue weighted by atomic mass is 9.92. The molecule has 7 atom stereocenters. The second kappa shape index (κ2) is 26.3. The zero-order valence-corrected chi connectivity index (χ0v) is 28.2. The van der Waals surface area contributed by atoms with Crippen LogP contribution in [0.15, 0.2) is 0 Å². The lowest BCUT2D eigenvalue weighted by molar-refractivity contribution is -0.234. The Kier molecular flexibility index (Phi) is 24.6. The summed E-state index contributed by atoms with van der Waals surface area (Å²) in [5, 5.41) is 61.5. The van der Waals surface area contributed by atoms with E-state index in [-0.39, 0.29) is 18.9 Å². The molecular formula is C35H69NO8. The van der Waals surface area contributed by atoms with Gasteiger partial charge in [0.05, 0.1) is 18.8 Å². The van der Waals surface area contributed by atoms with Gasteiger partial charge in [-0.15, -0.1) is 0 Å². The number of carbonyl (C=O) groups excluding carboxylic acids is 1. The fraction of sp³-hybridized carbons (Fsp3) is 0.971. The average molecular weight is 632 g/mol. The largest absolute Gasteiger partial charge is 0.394 e. The normalized spacial score (nSPS) is 23.5. The molecule has 44 heavy (non-hydrogen) atoms. The number of aliphatic hydroxyl groups is 6. The number of ether oxygens (including phenoxy) is 1. The van der Waals surface area contributed by atoms with Gasteiger partial charge in [-0.1, -0.05) is 136 Å². The summed E-state index contributed by atoms with van der Waals surface area (Å²) in [7, 11) is 0. The standard InChI is InChI=1S/C35H69NO8/c1-3-5-7-9-11-12-13-14-15-16-17-18-20-22-24-36(35(43)29(39)23-21-19-10-8-6-4-2)26-28(38)25-30-32(40)34(42)33(41)31(27-37)44-30/h28-34,37-42H,3-27H2,1-2H3/t28?,29?,30?,31-,32+,33-,34-/m1/s1. The Morgan fingerprint density at radius 3 is 1.55 bits per heavy atom. The Hall–Kier alpha value is -0.810. The number of unbranched alkanes of at least 4 members (excludes halogenated alkanes) is 18. The minimum Gasteiger partial charge on any atom is -0.394 e. The molecule has 0 saturated carbocycles. The van der Waals surface area contributed by atoms with Crippen LogP contribution in [0.25, 0.3) is 0 Å². The van der Waals surface area contributed by atoms with E-state index >= 15 is 0 Å². The minimum atomic E-state index is -1.51. The summed E-state index contributed by atoms with van der Waals surface area (Å²) in [6.45, 7) is 4.28. The average Bonchev–Trinajstić information content (AvgIpc) is 3.02. The van der Waals surface area contributed by atoms with E-state index in [9.17, 15) is 35.4 Å². The van der Waals surface area contributed by atoms with Crippen LogP contribution in [-0.2, 0) is 9.53 Å². The summed E-state index contributed by atoms with van der Waals surface area (Å²) in [5.41, 5.74) is 0. The van der Waals surface area contributed by atoms with Crippen molar-refractivity contribution in [1.29, 1.82) is 0 Å². The van der Waals surface area contributed by atoms with Crippen molar-refractivity contribution in [1.82, 2.24) is 4.90 Å². The Labute approximate surface area is 268 Å². The quantitative estimate of drug-likeness (QED) is 0.0661. The topological polar surface area (TPSA) is 151 Å². The van der Waals surface area contributed by atoms with E-state index in [1.54, 1.807) is 0 Å². The Balaban J connectivity index is 2.49. The molecule has 1 aliphatic rings. The molecule has 9 heteroatoms. The van der Waals surface area contributed by atoms with Crippen LogP contribution in [0.1, 0.15) is 155 Å². The van der Waals surface area contributed by atoms with Crippen molar-refractivity contribution in [2.75, 3.05) is 19.7 Å². The van der Waals surface area contributed by atoms with E-state index in [1.165, 1.54) is 88.4 Å². The lowest BCUT2D eigenvalue weighted by Crippen LogP contribution is -2.59. The van der Waals surface area contributed by atoms with Gasteiger partial charge in [-0.3, -0.25) is 4.79 Å². The van der Waals surface area contributed by atoms with Gasteiger partial charge in [-0.2, -0.15) is 0 Å². The molecule has 0 aromatic heterocycles. The second-order valence-corrected chi connectivity index (χ2v) is 13.2. The molecule has 6 N–H and O–H groups in total. The van der Waals surface area contributed by atoms with E-state index in [0.29, 0.717) is 13.0 Å². The van der Waals surface area contributed by atoms with Gasteiger partial charge in [0.15, 0.2) is 0 Å². The summed E-state index contributed by atoms with van der Waals surface area (Å²) in [4.78, 5) is 14.8. The molecule has 262 valence electrons. The number of nitrogens with zero attached hydrogens (tertiary/aromatic N) is 1. The van der Waals surface area contributed by atoms with Crippen molar-refractivity contribution < 1.29 is 40.2 Å². The van der Waals surface area contributed by atoms with Crippen LogP contribution < -0.4 is 0 Å². The molecule has 1 fully saturated rings. The molecule has 0 radical (unpaired) electrons. The van der Waals surface area contributed by atoms with Gasteiger partial charge in [0.1, 0.15) is 30.5 Å². The van der Waals surface area contributed by atoms with Crippen LogP contribution in [0.5, 0.6) is 0 Å². The maximum absolute atomic E-state index is 13.2. The van der Waals surface area contributed by atoms with Gasteiger partial charge >= 0.3 is 0 Å². The molecule has 9 nitrogen and oxygen atoms in total. The molecule has 0 spiro atoms. The Morgan fingerprint density at radius 1 is 0.636 bits per heavy atom. The summed E-state index contributed by atoms with van der Waals surface area (Å²) in [5.74, 6) is -0.388. The summed E-state index contributed by atoms with van der Waals surface area (Å²) in [6, 6.07) is 0. The van der Waals surface area contributed by atoms with Gasteiger partial charge in [0.2, 0.25) is 0 Å². The first-order valence-electron chi connectivity index (χ1n) is 18.2. The molecule has 1 heterocycles. The second-order valence-electron chi connectivity index (χ2n) is 13.2. The predicted molar refractivity (Wildman–Crippen MR) is 175 cm³/mol. The van der Waals surface area contributed by atoms with Crippen molar-refractivity contribution in [3.63, 3.8) is 0 Å². The number of hydrogen-bond donors (Lipinski definition) is 6. The fourth-order valence-electron chi connectivity index (χ4n) is 6.21. The number of carbonyl (C=O) groups is 1. The summed E-state index contributed by atoms with van der Waals surface area (Å²) < 4.78 is 5.55. The van der Waals surface area contributed by atoms with Crippen LogP contribution in [0, 0.1) is 0 Å². The highest BCUT2D eigenvalue weighted by Gasteiger charge is 2.44. The van der Waals surface area contributed by atoms with Gasteiger partial charge in [-0.05, 0) is 12.8 Å². The summed E-state index contributed by atoms with van der Waals surface area (Å²) in [6.07, 6.45) is 15.3. The van der Waals surface area contributed by atoms with Crippen LogP contribution >= 0.6 is 0 Å². The van der Waals surface area contributed by atoms with Gasteiger partial charge in [-0.25, -0.2) is 0 Å². The molecule has 3 unspecified atom stereocenters. The molecule has 1 rings (SSSR count). The van der Waals surface area contributed by atoms with E-state index in [2.05, 4.69) is 13.8 Å². The molecule has 0 aromatic rings. The Bertz CT molecular complexity index is 681. The molecule has 0 aromatic carbocycles. The van der Waals surface area contributed by atoms with Crippen LogP contribution in [-0.4, -0.2) is 104 Å².